The highest BCUT2D eigenvalue weighted by molar-refractivity contribution is 6.04. The van der Waals surface area contributed by atoms with E-state index in [1.165, 1.54) is 0 Å². The third-order valence-electron chi connectivity index (χ3n) is 2.38. The Bertz CT molecular complexity index is 536. The molecule has 90 valence electrons. The predicted molar refractivity (Wildman–Crippen MR) is 62.1 cm³/mol. The molecule has 0 aliphatic heterocycles. The molecule has 3 N–H and O–H groups in total. The number of carbonyl (C=O) groups excluding carboxylic acids is 1. The second-order valence-electron chi connectivity index (χ2n) is 3.46. The van der Waals surface area contributed by atoms with Crippen LogP contribution in [0.2, 0.25) is 0 Å². The fourth-order valence-corrected chi connectivity index (χ4v) is 1.55. The summed E-state index contributed by atoms with van der Waals surface area (Å²) in [6, 6.07) is 5.30. The number of hydrogen-bond acceptors (Lipinski definition) is 4. The van der Waals surface area contributed by atoms with Crippen LogP contribution in [-0.2, 0) is 0 Å². The van der Waals surface area contributed by atoms with Crippen LogP contribution in [0.3, 0.4) is 0 Å². The van der Waals surface area contributed by atoms with Gasteiger partial charge in [-0.2, -0.15) is 5.10 Å². The molecule has 1 heterocycles. The van der Waals surface area contributed by atoms with Crippen LogP contribution in [0, 0.1) is 0 Å². The minimum Gasteiger partial charge on any atom is -0.497 e. The minimum absolute atomic E-state index is 0.0953. The summed E-state index contributed by atoms with van der Waals surface area (Å²) in [6.07, 6.45) is 0. The van der Waals surface area contributed by atoms with Crippen LogP contribution in [0.15, 0.2) is 18.2 Å². The molecule has 0 fully saturated rings. The molecule has 1 aromatic carbocycles. The Hall–Kier alpha value is -2.08. The molecule has 6 nitrogen and oxygen atoms in total. The number of nitrogens with one attached hydrogen (secondary N) is 2. The molecule has 2 aromatic rings. The molecule has 1 aromatic heterocycles. The number of H-pyrrole nitrogens is 1. The molecular formula is C11H13N3O3. The van der Waals surface area contributed by atoms with Crippen LogP contribution in [-0.4, -0.2) is 41.5 Å². The molecular weight excluding hydrogens is 222 g/mol. The molecule has 0 saturated carbocycles. The molecule has 0 unspecified atom stereocenters. The molecule has 0 aliphatic carbocycles. The third kappa shape index (κ3) is 2.21. The van der Waals surface area contributed by atoms with Crippen LogP contribution in [0.25, 0.3) is 10.9 Å². The van der Waals surface area contributed by atoms with Gasteiger partial charge in [-0.05, 0) is 12.1 Å². The molecule has 0 atom stereocenters. The Kier molecular flexibility index (Phi) is 3.24. The van der Waals surface area contributed by atoms with Crippen LogP contribution in [0.1, 0.15) is 10.5 Å². The van der Waals surface area contributed by atoms with Gasteiger partial charge >= 0.3 is 0 Å². The average molecular weight is 235 g/mol. The fraction of sp³-hybridized carbons (Fsp3) is 0.273. The number of aliphatic hydroxyl groups is 1. The van der Waals surface area contributed by atoms with E-state index < -0.39 is 0 Å². The molecule has 1 amide bonds. The Morgan fingerprint density at radius 3 is 3.12 bits per heavy atom. The summed E-state index contributed by atoms with van der Waals surface area (Å²) < 4.78 is 5.08. The predicted octanol–water partition coefficient (Wildman–Crippen LogP) is 0.294. The van der Waals surface area contributed by atoms with Gasteiger partial charge in [0.1, 0.15) is 5.75 Å². The number of rotatable bonds is 4. The van der Waals surface area contributed by atoms with Crippen LogP contribution >= 0.6 is 0 Å². The fourth-order valence-electron chi connectivity index (χ4n) is 1.55. The van der Waals surface area contributed by atoms with E-state index in [1.807, 2.05) is 0 Å². The topological polar surface area (TPSA) is 87.2 Å². The highest BCUT2D eigenvalue weighted by atomic mass is 16.5. The maximum absolute atomic E-state index is 11.7. The number of fused-ring (bicyclic) bond motifs is 1. The second kappa shape index (κ2) is 4.84. The number of aromatic nitrogens is 2. The van der Waals surface area contributed by atoms with E-state index in [-0.39, 0.29) is 19.1 Å². The first-order chi connectivity index (χ1) is 8.26. The van der Waals surface area contributed by atoms with E-state index >= 15 is 0 Å². The first-order valence-corrected chi connectivity index (χ1v) is 5.17. The zero-order chi connectivity index (χ0) is 12.3. The smallest absolute Gasteiger partial charge is 0.272 e. The van der Waals surface area contributed by atoms with Gasteiger partial charge in [-0.3, -0.25) is 9.89 Å². The molecule has 0 aliphatic rings. The maximum atomic E-state index is 11.7. The quantitative estimate of drug-likeness (QED) is 0.711. The van der Waals surface area contributed by atoms with Gasteiger partial charge in [-0.25, -0.2) is 0 Å². The molecule has 0 radical (unpaired) electrons. The highest BCUT2D eigenvalue weighted by Crippen LogP contribution is 2.21. The van der Waals surface area contributed by atoms with Crippen molar-refractivity contribution >= 4 is 16.8 Å². The Morgan fingerprint density at radius 2 is 2.41 bits per heavy atom. The van der Waals surface area contributed by atoms with Crippen LogP contribution < -0.4 is 10.1 Å². The van der Waals surface area contributed by atoms with Crippen LogP contribution in [0.5, 0.6) is 5.75 Å². The van der Waals surface area contributed by atoms with Gasteiger partial charge in [0.2, 0.25) is 0 Å². The van der Waals surface area contributed by atoms with Crippen molar-refractivity contribution in [2.45, 2.75) is 0 Å². The van der Waals surface area contributed by atoms with E-state index in [0.29, 0.717) is 11.4 Å². The number of amides is 1. The number of nitrogens with zero attached hydrogens (tertiary/aromatic N) is 1. The molecule has 6 heteroatoms. The van der Waals surface area contributed by atoms with Gasteiger partial charge in [-0.1, -0.05) is 0 Å². The number of benzene rings is 1. The van der Waals surface area contributed by atoms with Crippen molar-refractivity contribution in [1.82, 2.24) is 15.5 Å². The van der Waals surface area contributed by atoms with Crippen molar-refractivity contribution in [2.75, 3.05) is 20.3 Å². The third-order valence-corrected chi connectivity index (χ3v) is 2.38. The highest BCUT2D eigenvalue weighted by Gasteiger charge is 2.13. The van der Waals surface area contributed by atoms with Gasteiger partial charge in [0, 0.05) is 18.0 Å². The van der Waals surface area contributed by atoms with Crippen LogP contribution in [0.4, 0.5) is 0 Å². The number of methoxy groups -OCH3 is 1. The zero-order valence-electron chi connectivity index (χ0n) is 9.36. The van der Waals surface area contributed by atoms with Gasteiger partial charge in [0.05, 0.1) is 19.2 Å². The summed E-state index contributed by atoms with van der Waals surface area (Å²) in [7, 11) is 1.58. The normalized spacial score (nSPS) is 10.5. The van der Waals surface area contributed by atoms with Crippen molar-refractivity contribution in [2.24, 2.45) is 0 Å². The summed E-state index contributed by atoms with van der Waals surface area (Å²) in [5.41, 5.74) is 1.05. The van der Waals surface area contributed by atoms with E-state index in [9.17, 15) is 4.79 Å². The standard InChI is InChI=1S/C11H13N3O3/c1-17-7-2-3-8-9(6-7)13-14-10(8)11(16)12-4-5-15/h2-3,6,15H,4-5H2,1H3,(H,12,16)(H,13,14). The van der Waals surface area contributed by atoms with Crippen molar-refractivity contribution in [1.29, 1.82) is 0 Å². The number of carbonyl (C=O) groups is 1. The number of hydrogen-bond donors (Lipinski definition) is 3. The second-order valence-corrected chi connectivity index (χ2v) is 3.46. The Labute approximate surface area is 97.6 Å². The maximum Gasteiger partial charge on any atom is 0.272 e. The first-order valence-electron chi connectivity index (χ1n) is 5.17. The van der Waals surface area contributed by atoms with Gasteiger partial charge in [0.15, 0.2) is 5.69 Å². The lowest BCUT2D eigenvalue weighted by Gasteiger charge is -2.01. The summed E-state index contributed by atoms with van der Waals surface area (Å²) in [5, 5.41) is 18.6. The number of aromatic amines is 1. The summed E-state index contributed by atoms with van der Waals surface area (Å²) in [4.78, 5) is 11.7. The number of ether oxygens (including phenoxy) is 1. The van der Waals surface area contributed by atoms with E-state index in [4.69, 9.17) is 9.84 Å². The van der Waals surface area contributed by atoms with Gasteiger partial charge in [-0.15, -0.1) is 0 Å². The molecule has 0 spiro atoms. The Morgan fingerprint density at radius 1 is 1.59 bits per heavy atom. The molecule has 2 rings (SSSR count). The minimum atomic E-state index is -0.310. The SMILES string of the molecule is COc1ccc2c(C(=O)NCCO)n[nH]c2c1. The summed E-state index contributed by atoms with van der Waals surface area (Å²) in [5.74, 6) is 0.388. The van der Waals surface area contributed by atoms with Crippen molar-refractivity contribution in [3.05, 3.63) is 23.9 Å². The average Bonchev–Trinajstić information content (AvgIpc) is 2.78. The lowest BCUT2D eigenvalue weighted by Crippen LogP contribution is -2.26. The van der Waals surface area contributed by atoms with Crippen molar-refractivity contribution in [3.63, 3.8) is 0 Å². The Balaban J connectivity index is 2.33. The molecule has 0 bridgehead atoms. The van der Waals surface area contributed by atoms with E-state index in [2.05, 4.69) is 15.5 Å². The molecule has 0 saturated heterocycles. The van der Waals surface area contributed by atoms with Crippen molar-refractivity contribution in [3.8, 4) is 5.75 Å². The van der Waals surface area contributed by atoms with Crippen molar-refractivity contribution < 1.29 is 14.6 Å². The van der Waals surface area contributed by atoms with E-state index in [1.54, 1.807) is 25.3 Å². The number of aliphatic hydroxyl groups excluding tert-OH is 1. The van der Waals surface area contributed by atoms with E-state index in [0.717, 1.165) is 10.9 Å². The molecule has 17 heavy (non-hydrogen) atoms. The van der Waals surface area contributed by atoms with Gasteiger partial charge < -0.3 is 15.2 Å². The summed E-state index contributed by atoms with van der Waals surface area (Å²) in [6.45, 7) is 0.116. The largest absolute Gasteiger partial charge is 0.497 e. The lowest BCUT2D eigenvalue weighted by atomic mass is 10.2. The van der Waals surface area contributed by atoms with Gasteiger partial charge in [0.25, 0.3) is 5.91 Å². The first kappa shape index (κ1) is 11.4. The zero-order valence-corrected chi connectivity index (χ0v) is 9.36. The monoisotopic (exact) mass is 235 g/mol. The summed E-state index contributed by atoms with van der Waals surface area (Å²) >= 11 is 0. The lowest BCUT2D eigenvalue weighted by molar-refractivity contribution is 0.0941.